The Labute approximate surface area is 204 Å². The van der Waals surface area contributed by atoms with Crippen molar-refractivity contribution in [2.24, 2.45) is 5.41 Å². The standard InChI is InChI=1S/C24H29N7O3S/c1-30-11-9-24(13-30)14-31(15-24)35(32,33)23-27-22(28-29-23)26-21-18-5-3-4-16(18)6-7-19(21)17-8-10-25-20(12-17)34-2/h6-8,10,12H,3-5,9,11,13-15H2,1-2H3,(H2,26,27,28,29). The minimum atomic E-state index is -3.72. The highest BCUT2D eigenvalue weighted by atomic mass is 32.2. The van der Waals surface area contributed by atoms with E-state index in [1.807, 2.05) is 12.1 Å². The van der Waals surface area contributed by atoms with Crippen LogP contribution in [0.1, 0.15) is 24.0 Å². The number of nitrogens with one attached hydrogen (secondary N) is 2. The highest BCUT2D eigenvalue weighted by Gasteiger charge is 2.51. The lowest BCUT2D eigenvalue weighted by Gasteiger charge is -2.46. The molecule has 2 saturated heterocycles. The summed E-state index contributed by atoms with van der Waals surface area (Å²) < 4.78 is 33.2. The molecule has 35 heavy (non-hydrogen) atoms. The highest BCUT2D eigenvalue weighted by Crippen LogP contribution is 2.42. The van der Waals surface area contributed by atoms with Crippen molar-refractivity contribution in [1.29, 1.82) is 0 Å². The third kappa shape index (κ3) is 3.87. The van der Waals surface area contributed by atoms with Gasteiger partial charge in [0.25, 0.3) is 15.2 Å². The summed E-state index contributed by atoms with van der Waals surface area (Å²) in [5.74, 6) is 0.767. The van der Waals surface area contributed by atoms with E-state index in [0.29, 0.717) is 19.0 Å². The van der Waals surface area contributed by atoms with E-state index in [-0.39, 0.29) is 16.5 Å². The van der Waals surface area contributed by atoms with Crippen molar-refractivity contribution in [1.82, 2.24) is 29.4 Å². The van der Waals surface area contributed by atoms with Crippen LogP contribution in [0.25, 0.3) is 11.1 Å². The third-order valence-corrected chi connectivity index (χ3v) is 9.09. The third-order valence-electron chi connectivity index (χ3n) is 7.48. The molecule has 2 fully saturated rings. The van der Waals surface area contributed by atoms with Crippen molar-refractivity contribution in [3.8, 4) is 17.0 Å². The molecule has 0 saturated carbocycles. The normalized spacial score (nSPS) is 19.6. The zero-order valence-electron chi connectivity index (χ0n) is 19.9. The smallest absolute Gasteiger partial charge is 0.278 e. The van der Waals surface area contributed by atoms with Crippen LogP contribution in [0.2, 0.25) is 0 Å². The van der Waals surface area contributed by atoms with Crippen LogP contribution in [-0.4, -0.2) is 78.1 Å². The van der Waals surface area contributed by atoms with Gasteiger partial charge in [0.05, 0.1) is 12.8 Å². The molecule has 0 unspecified atom stereocenters. The van der Waals surface area contributed by atoms with Gasteiger partial charge in [0.15, 0.2) is 0 Å². The van der Waals surface area contributed by atoms with Gasteiger partial charge in [-0.2, -0.15) is 9.29 Å². The van der Waals surface area contributed by atoms with Gasteiger partial charge in [-0.3, -0.25) is 0 Å². The molecule has 10 nitrogen and oxygen atoms in total. The molecule has 2 aliphatic heterocycles. The summed E-state index contributed by atoms with van der Waals surface area (Å²) >= 11 is 0. The number of ether oxygens (including phenoxy) is 1. The monoisotopic (exact) mass is 495 g/mol. The van der Waals surface area contributed by atoms with E-state index < -0.39 is 10.0 Å². The first-order valence-electron chi connectivity index (χ1n) is 11.9. The molecule has 184 valence electrons. The molecular formula is C24H29N7O3S. The predicted molar refractivity (Wildman–Crippen MR) is 131 cm³/mol. The van der Waals surface area contributed by atoms with Gasteiger partial charge in [-0.15, -0.1) is 5.10 Å². The van der Waals surface area contributed by atoms with E-state index in [9.17, 15) is 8.42 Å². The molecular weight excluding hydrogens is 466 g/mol. The van der Waals surface area contributed by atoms with Crippen molar-refractivity contribution in [3.05, 3.63) is 41.6 Å². The second kappa shape index (κ2) is 8.28. The molecule has 11 heteroatoms. The molecule has 4 heterocycles. The van der Waals surface area contributed by atoms with Gasteiger partial charge in [0, 0.05) is 42.9 Å². The number of rotatable bonds is 6. The topological polar surface area (TPSA) is 116 Å². The summed E-state index contributed by atoms with van der Waals surface area (Å²) in [7, 11) is -0.0445. The molecule has 0 bridgehead atoms. The Balaban J connectivity index is 1.28. The second-order valence-corrected chi connectivity index (χ2v) is 11.8. The minimum Gasteiger partial charge on any atom is -0.481 e. The number of methoxy groups -OCH3 is 1. The van der Waals surface area contributed by atoms with Crippen LogP contribution in [0.15, 0.2) is 35.6 Å². The molecule has 2 N–H and O–H groups in total. The average Bonchev–Trinajstić information content (AvgIpc) is 3.58. The van der Waals surface area contributed by atoms with Crippen LogP contribution in [-0.2, 0) is 22.9 Å². The largest absolute Gasteiger partial charge is 0.481 e. The number of H-pyrrole nitrogens is 1. The number of hydrogen-bond acceptors (Lipinski definition) is 8. The van der Waals surface area contributed by atoms with Crippen molar-refractivity contribution >= 4 is 21.7 Å². The molecule has 0 radical (unpaired) electrons. The first-order chi connectivity index (χ1) is 16.9. The minimum absolute atomic E-state index is 0.0774. The van der Waals surface area contributed by atoms with E-state index >= 15 is 0 Å². The average molecular weight is 496 g/mol. The Morgan fingerprint density at radius 1 is 1.17 bits per heavy atom. The number of anilines is 2. The van der Waals surface area contributed by atoms with Crippen LogP contribution < -0.4 is 10.1 Å². The Hall–Kier alpha value is -3.02. The number of hydrogen-bond donors (Lipinski definition) is 2. The molecule has 1 spiro atoms. The van der Waals surface area contributed by atoms with Crippen molar-refractivity contribution in [3.63, 3.8) is 0 Å². The van der Waals surface area contributed by atoms with Gasteiger partial charge in [0.1, 0.15) is 0 Å². The van der Waals surface area contributed by atoms with Gasteiger partial charge in [-0.05, 0) is 62.0 Å². The molecule has 6 rings (SSSR count). The summed E-state index contributed by atoms with van der Waals surface area (Å²) in [4.78, 5) is 10.8. The maximum Gasteiger partial charge on any atom is 0.278 e. The van der Waals surface area contributed by atoms with Gasteiger partial charge >= 0.3 is 0 Å². The number of pyridine rings is 1. The zero-order chi connectivity index (χ0) is 24.2. The Morgan fingerprint density at radius 3 is 2.80 bits per heavy atom. The van der Waals surface area contributed by atoms with Gasteiger partial charge < -0.3 is 15.0 Å². The quantitative estimate of drug-likeness (QED) is 0.536. The van der Waals surface area contributed by atoms with Crippen LogP contribution >= 0.6 is 0 Å². The molecule has 3 aliphatic rings. The number of aromatic amines is 1. The fourth-order valence-corrected chi connectivity index (χ4v) is 7.17. The maximum atomic E-state index is 13.2. The molecule has 2 aromatic heterocycles. The van der Waals surface area contributed by atoms with Crippen molar-refractivity contribution in [2.45, 2.75) is 30.8 Å². The number of likely N-dealkylation sites (tertiary alicyclic amines) is 1. The summed E-state index contributed by atoms with van der Waals surface area (Å²) in [6, 6.07) is 8.04. The highest BCUT2D eigenvalue weighted by molar-refractivity contribution is 7.89. The number of nitrogens with zero attached hydrogens (tertiary/aromatic N) is 5. The maximum absolute atomic E-state index is 13.2. The molecule has 1 aliphatic carbocycles. The second-order valence-electron chi connectivity index (χ2n) is 9.92. The fraction of sp³-hybridized carbons (Fsp3) is 0.458. The van der Waals surface area contributed by atoms with Crippen molar-refractivity contribution in [2.75, 3.05) is 45.7 Å². The zero-order valence-corrected chi connectivity index (χ0v) is 20.7. The number of aromatic nitrogens is 4. The molecule has 3 aromatic rings. The Bertz CT molecular complexity index is 1380. The SMILES string of the molecule is COc1cc(-c2ccc3c(c2Nc2n[nH]c(S(=O)(=O)N4CC5(CCN(C)C5)C4)n2)CCC3)ccn1. The van der Waals surface area contributed by atoms with E-state index in [2.05, 4.69) is 49.6 Å². The number of benzene rings is 1. The van der Waals surface area contributed by atoms with Gasteiger partial charge in [-0.1, -0.05) is 12.1 Å². The van der Waals surface area contributed by atoms with Gasteiger partial charge in [0.2, 0.25) is 11.8 Å². The van der Waals surface area contributed by atoms with Crippen molar-refractivity contribution < 1.29 is 13.2 Å². The van der Waals surface area contributed by atoms with Gasteiger partial charge in [-0.25, -0.2) is 18.5 Å². The van der Waals surface area contributed by atoms with E-state index in [1.54, 1.807) is 13.3 Å². The van der Waals surface area contributed by atoms with Crippen LogP contribution in [0, 0.1) is 5.41 Å². The van der Waals surface area contributed by atoms with Crippen LogP contribution in [0.3, 0.4) is 0 Å². The van der Waals surface area contributed by atoms with E-state index in [4.69, 9.17) is 4.74 Å². The summed E-state index contributed by atoms with van der Waals surface area (Å²) in [5.41, 5.74) is 5.39. The lowest BCUT2D eigenvalue weighted by molar-refractivity contribution is 0.0807. The number of sulfonamides is 1. The molecule has 0 amide bonds. The predicted octanol–water partition coefficient (Wildman–Crippen LogP) is 2.43. The van der Waals surface area contributed by atoms with Crippen LogP contribution in [0.4, 0.5) is 11.6 Å². The first-order valence-corrected chi connectivity index (χ1v) is 13.3. The number of fused-ring (bicyclic) bond motifs is 1. The molecule has 1 aromatic carbocycles. The summed E-state index contributed by atoms with van der Waals surface area (Å²) in [6.07, 6.45) is 5.77. The first kappa shape index (κ1) is 22.4. The van der Waals surface area contributed by atoms with E-state index in [0.717, 1.165) is 55.6 Å². The lowest BCUT2D eigenvalue weighted by atomic mass is 9.81. The lowest BCUT2D eigenvalue weighted by Crippen LogP contribution is -2.59. The summed E-state index contributed by atoms with van der Waals surface area (Å²) in [5, 5.41) is 10.1. The van der Waals surface area contributed by atoms with Crippen LogP contribution in [0.5, 0.6) is 5.88 Å². The Morgan fingerprint density at radius 2 is 2.03 bits per heavy atom. The number of aryl methyl sites for hydroxylation is 1. The fourth-order valence-electron chi connectivity index (χ4n) is 5.68. The Kier molecular flexibility index (Phi) is 5.31. The molecule has 0 atom stereocenters. The van der Waals surface area contributed by atoms with E-state index in [1.165, 1.54) is 15.4 Å². The summed E-state index contributed by atoms with van der Waals surface area (Å²) in [6.45, 7) is 3.01.